The molecule has 19 heavy (non-hydrogen) atoms. The van der Waals surface area contributed by atoms with E-state index in [9.17, 15) is 4.79 Å². The van der Waals surface area contributed by atoms with E-state index in [0.717, 1.165) is 12.0 Å². The molecule has 0 aliphatic rings. The highest BCUT2D eigenvalue weighted by molar-refractivity contribution is 5.95. The number of nitrogens with zero attached hydrogens (tertiary/aromatic N) is 4. The zero-order valence-corrected chi connectivity index (χ0v) is 11.1. The summed E-state index contributed by atoms with van der Waals surface area (Å²) in [7, 11) is 0. The highest BCUT2D eigenvalue weighted by Crippen LogP contribution is 2.07. The monoisotopic (exact) mass is 259 g/mol. The number of aryl methyl sites for hydroxylation is 1. The molecule has 0 spiro atoms. The summed E-state index contributed by atoms with van der Waals surface area (Å²) in [6.45, 7) is 4.54. The number of pyridine rings is 1. The SMILES string of the molecule is CCc1cnccc1C(=O)NC(C)Cn1cncn1. The molecule has 2 aromatic heterocycles. The van der Waals surface area contributed by atoms with Crippen LogP contribution in [0.25, 0.3) is 0 Å². The average Bonchev–Trinajstić information content (AvgIpc) is 2.91. The molecule has 0 aliphatic heterocycles. The molecule has 0 saturated heterocycles. The molecule has 0 bridgehead atoms. The Labute approximate surface area is 111 Å². The maximum absolute atomic E-state index is 12.2. The quantitative estimate of drug-likeness (QED) is 0.871. The first-order chi connectivity index (χ1) is 9.20. The summed E-state index contributed by atoms with van der Waals surface area (Å²) in [5, 5.41) is 6.97. The lowest BCUT2D eigenvalue weighted by molar-refractivity contribution is 0.0935. The second-order valence-corrected chi connectivity index (χ2v) is 4.38. The number of hydrogen-bond acceptors (Lipinski definition) is 4. The Balaban J connectivity index is 2.00. The molecule has 0 saturated carbocycles. The normalized spacial score (nSPS) is 12.1. The molecule has 1 N–H and O–H groups in total. The first-order valence-corrected chi connectivity index (χ1v) is 6.27. The van der Waals surface area contributed by atoms with E-state index in [-0.39, 0.29) is 11.9 Å². The minimum Gasteiger partial charge on any atom is -0.348 e. The summed E-state index contributed by atoms with van der Waals surface area (Å²) in [5.41, 5.74) is 1.64. The summed E-state index contributed by atoms with van der Waals surface area (Å²) < 4.78 is 1.69. The van der Waals surface area contributed by atoms with Crippen molar-refractivity contribution in [3.63, 3.8) is 0 Å². The number of carbonyl (C=O) groups is 1. The van der Waals surface area contributed by atoms with Gasteiger partial charge in [0.15, 0.2) is 0 Å². The number of aromatic nitrogens is 4. The summed E-state index contributed by atoms with van der Waals surface area (Å²) >= 11 is 0. The van der Waals surface area contributed by atoms with Crippen molar-refractivity contribution in [1.82, 2.24) is 25.1 Å². The molecule has 1 atom stereocenters. The van der Waals surface area contributed by atoms with Crippen LogP contribution in [0.4, 0.5) is 0 Å². The van der Waals surface area contributed by atoms with Crippen LogP contribution in [0.1, 0.15) is 29.8 Å². The Hall–Kier alpha value is -2.24. The topological polar surface area (TPSA) is 72.7 Å². The van der Waals surface area contributed by atoms with Gasteiger partial charge in [0.05, 0.1) is 6.54 Å². The van der Waals surface area contributed by atoms with Crippen molar-refractivity contribution < 1.29 is 4.79 Å². The Morgan fingerprint density at radius 2 is 2.32 bits per heavy atom. The summed E-state index contributed by atoms with van der Waals surface area (Å²) in [4.78, 5) is 20.1. The number of amides is 1. The third kappa shape index (κ3) is 3.37. The van der Waals surface area contributed by atoms with E-state index in [2.05, 4.69) is 20.4 Å². The highest BCUT2D eigenvalue weighted by Gasteiger charge is 2.13. The van der Waals surface area contributed by atoms with Crippen molar-refractivity contribution in [2.75, 3.05) is 0 Å². The van der Waals surface area contributed by atoms with Gasteiger partial charge in [0.2, 0.25) is 0 Å². The molecule has 100 valence electrons. The lowest BCUT2D eigenvalue weighted by Gasteiger charge is -2.14. The fourth-order valence-corrected chi connectivity index (χ4v) is 1.89. The third-order valence-corrected chi connectivity index (χ3v) is 2.83. The van der Waals surface area contributed by atoms with Gasteiger partial charge in [0.25, 0.3) is 5.91 Å². The Morgan fingerprint density at radius 3 is 3.00 bits per heavy atom. The third-order valence-electron chi connectivity index (χ3n) is 2.83. The molecule has 2 rings (SSSR count). The van der Waals surface area contributed by atoms with Gasteiger partial charge in [-0.3, -0.25) is 14.5 Å². The smallest absolute Gasteiger partial charge is 0.251 e. The molecule has 2 aromatic rings. The van der Waals surface area contributed by atoms with Crippen LogP contribution in [-0.2, 0) is 13.0 Å². The largest absolute Gasteiger partial charge is 0.348 e. The number of carbonyl (C=O) groups excluding carboxylic acids is 1. The minimum atomic E-state index is -0.0770. The van der Waals surface area contributed by atoms with E-state index in [0.29, 0.717) is 12.1 Å². The molecule has 1 amide bonds. The molecule has 6 nitrogen and oxygen atoms in total. The van der Waals surface area contributed by atoms with Crippen LogP contribution in [-0.4, -0.2) is 31.7 Å². The van der Waals surface area contributed by atoms with E-state index in [4.69, 9.17) is 0 Å². The molecule has 2 heterocycles. The van der Waals surface area contributed by atoms with Crippen LogP contribution < -0.4 is 5.32 Å². The van der Waals surface area contributed by atoms with Gasteiger partial charge >= 0.3 is 0 Å². The standard InChI is InChI=1S/C13H17N5O/c1-3-11-6-14-5-4-12(11)13(19)17-10(2)7-18-9-15-8-16-18/h4-6,8-10H,3,7H2,1-2H3,(H,17,19). The predicted molar refractivity (Wildman–Crippen MR) is 70.6 cm³/mol. The maximum Gasteiger partial charge on any atom is 0.251 e. The molecule has 1 unspecified atom stereocenters. The lowest BCUT2D eigenvalue weighted by atomic mass is 10.1. The van der Waals surface area contributed by atoms with Crippen molar-refractivity contribution in [2.24, 2.45) is 0 Å². The summed E-state index contributed by atoms with van der Waals surface area (Å²) in [6.07, 6.45) is 7.26. The van der Waals surface area contributed by atoms with E-state index >= 15 is 0 Å². The first-order valence-electron chi connectivity index (χ1n) is 6.27. The lowest BCUT2D eigenvalue weighted by Crippen LogP contribution is -2.36. The molecule has 0 aromatic carbocycles. The van der Waals surface area contributed by atoms with Gasteiger partial charge in [-0.2, -0.15) is 5.10 Å². The molecule has 0 aliphatic carbocycles. The molecule has 0 radical (unpaired) electrons. The zero-order valence-electron chi connectivity index (χ0n) is 11.1. The maximum atomic E-state index is 12.2. The summed E-state index contributed by atoms with van der Waals surface area (Å²) in [6, 6.07) is 1.73. The number of hydrogen-bond donors (Lipinski definition) is 1. The fraction of sp³-hybridized carbons (Fsp3) is 0.385. The van der Waals surface area contributed by atoms with Crippen molar-refractivity contribution >= 4 is 5.91 Å². The van der Waals surface area contributed by atoms with Gasteiger partial charge in [0.1, 0.15) is 12.7 Å². The first kappa shape index (κ1) is 13.2. The van der Waals surface area contributed by atoms with E-state index < -0.39 is 0 Å². The predicted octanol–water partition coefficient (Wildman–Crippen LogP) is 1.05. The Kier molecular flexibility index (Phi) is 4.22. The van der Waals surface area contributed by atoms with Crippen molar-refractivity contribution in [3.8, 4) is 0 Å². The van der Waals surface area contributed by atoms with Gasteiger partial charge < -0.3 is 5.32 Å². The summed E-state index contributed by atoms with van der Waals surface area (Å²) in [5.74, 6) is -0.0770. The Bertz CT molecular complexity index is 538. The fourth-order valence-electron chi connectivity index (χ4n) is 1.89. The highest BCUT2D eigenvalue weighted by atomic mass is 16.1. The van der Waals surface area contributed by atoms with Gasteiger partial charge in [0, 0.05) is 24.0 Å². The molecular weight excluding hydrogens is 242 g/mol. The van der Waals surface area contributed by atoms with Crippen LogP contribution in [0.15, 0.2) is 31.1 Å². The molecule has 6 heteroatoms. The van der Waals surface area contributed by atoms with Crippen LogP contribution >= 0.6 is 0 Å². The second-order valence-electron chi connectivity index (χ2n) is 4.38. The van der Waals surface area contributed by atoms with Gasteiger partial charge in [-0.25, -0.2) is 4.98 Å². The van der Waals surface area contributed by atoms with E-state index in [1.807, 2.05) is 13.8 Å². The van der Waals surface area contributed by atoms with E-state index in [1.165, 1.54) is 6.33 Å². The van der Waals surface area contributed by atoms with Crippen LogP contribution in [0, 0.1) is 0 Å². The van der Waals surface area contributed by atoms with Gasteiger partial charge in [-0.1, -0.05) is 6.92 Å². The number of nitrogens with one attached hydrogen (secondary N) is 1. The van der Waals surface area contributed by atoms with Crippen molar-refractivity contribution in [2.45, 2.75) is 32.9 Å². The number of rotatable bonds is 5. The van der Waals surface area contributed by atoms with Crippen LogP contribution in [0.2, 0.25) is 0 Å². The average molecular weight is 259 g/mol. The van der Waals surface area contributed by atoms with E-state index in [1.54, 1.807) is 29.5 Å². The van der Waals surface area contributed by atoms with Crippen molar-refractivity contribution in [3.05, 3.63) is 42.2 Å². The van der Waals surface area contributed by atoms with Gasteiger partial charge in [-0.05, 0) is 25.0 Å². The zero-order chi connectivity index (χ0) is 13.7. The van der Waals surface area contributed by atoms with Gasteiger partial charge in [-0.15, -0.1) is 0 Å². The van der Waals surface area contributed by atoms with Crippen molar-refractivity contribution in [1.29, 1.82) is 0 Å². The minimum absolute atomic E-state index is 0.0212. The molecular formula is C13H17N5O. The van der Waals surface area contributed by atoms with Crippen LogP contribution in [0.5, 0.6) is 0 Å². The molecule has 0 fully saturated rings. The second kappa shape index (κ2) is 6.08. The van der Waals surface area contributed by atoms with Crippen LogP contribution in [0.3, 0.4) is 0 Å². The Morgan fingerprint density at radius 1 is 1.47 bits per heavy atom.